The number of nitrogens with zero attached hydrogens (tertiary/aromatic N) is 4. The highest BCUT2D eigenvalue weighted by atomic mass is 35.5. The van der Waals surface area contributed by atoms with Gasteiger partial charge in [0.15, 0.2) is 5.82 Å². The number of benzene rings is 1. The second kappa shape index (κ2) is 8.51. The van der Waals surface area contributed by atoms with Crippen LogP contribution in [0.5, 0.6) is 5.75 Å². The van der Waals surface area contributed by atoms with Crippen molar-refractivity contribution in [3.63, 3.8) is 0 Å². The Bertz CT molecular complexity index is 757. The first-order chi connectivity index (χ1) is 12.6. The molecule has 0 saturated carbocycles. The number of carbonyl (C=O) groups excluding carboxylic acids is 1. The lowest BCUT2D eigenvalue weighted by molar-refractivity contribution is 0.0624. The van der Waals surface area contributed by atoms with Crippen molar-refractivity contribution < 1.29 is 14.1 Å². The minimum atomic E-state index is -0.0102. The first kappa shape index (κ1) is 18.7. The maximum absolute atomic E-state index is 12.7. The molecular formula is C18H23ClN4O3. The van der Waals surface area contributed by atoms with E-state index in [4.69, 9.17) is 20.9 Å². The zero-order valence-corrected chi connectivity index (χ0v) is 15.8. The molecule has 2 heterocycles. The zero-order valence-electron chi connectivity index (χ0n) is 15.1. The number of ether oxygens (including phenoxy) is 1. The molecule has 0 aliphatic carbocycles. The van der Waals surface area contributed by atoms with Gasteiger partial charge in [0, 0.05) is 38.7 Å². The summed E-state index contributed by atoms with van der Waals surface area (Å²) in [5, 5.41) is 4.38. The molecule has 140 valence electrons. The van der Waals surface area contributed by atoms with E-state index in [1.165, 1.54) is 0 Å². The monoisotopic (exact) mass is 378 g/mol. The van der Waals surface area contributed by atoms with Crippen molar-refractivity contribution >= 4 is 17.5 Å². The lowest BCUT2D eigenvalue weighted by Crippen LogP contribution is -2.48. The number of halogens is 1. The number of carbonyl (C=O) groups is 1. The van der Waals surface area contributed by atoms with Crippen molar-refractivity contribution in [2.75, 3.05) is 32.8 Å². The summed E-state index contributed by atoms with van der Waals surface area (Å²) in [6.45, 7) is 7.89. The third-order valence-electron chi connectivity index (χ3n) is 4.23. The number of hydrogen-bond donors (Lipinski definition) is 0. The van der Waals surface area contributed by atoms with Gasteiger partial charge in [0.1, 0.15) is 5.75 Å². The minimum Gasteiger partial charge on any atom is -0.492 e. The van der Waals surface area contributed by atoms with Gasteiger partial charge in [-0.25, -0.2) is 0 Å². The average Bonchev–Trinajstić information content (AvgIpc) is 3.05. The second-order valence-electron chi connectivity index (χ2n) is 6.29. The molecule has 1 aromatic carbocycles. The van der Waals surface area contributed by atoms with E-state index >= 15 is 0 Å². The van der Waals surface area contributed by atoms with Gasteiger partial charge in [0.2, 0.25) is 5.89 Å². The zero-order chi connectivity index (χ0) is 18.5. The summed E-state index contributed by atoms with van der Waals surface area (Å²) in [4.78, 5) is 21.0. The van der Waals surface area contributed by atoms with Gasteiger partial charge in [0.05, 0.1) is 18.2 Å². The molecule has 0 unspecified atom stereocenters. The van der Waals surface area contributed by atoms with Gasteiger partial charge in [-0.05, 0) is 24.6 Å². The van der Waals surface area contributed by atoms with Crippen LogP contribution in [0, 0.1) is 6.92 Å². The molecule has 1 aliphatic rings. The second-order valence-corrected chi connectivity index (χ2v) is 6.70. The molecule has 26 heavy (non-hydrogen) atoms. The third-order valence-corrected chi connectivity index (χ3v) is 4.53. The van der Waals surface area contributed by atoms with Gasteiger partial charge in [-0.15, -0.1) is 0 Å². The van der Waals surface area contributed by atoms with E-state index < -0.39 is 0 Å². The van der Waals surface area contributed by atoms with E-state index in [2.05, 4.69) is 15.0 Å². The highest BCUT2D eigenvalue weighted by Crippen LogP contribution is 2.26. The van der Waals surface area contributed by atoms with Crippen LogP contribution in [-0.2, 0) is 6.54 Å². The Hall–Kier alpha value is -2.12. The van der Waals surface area contributed by atoms with E-state index in [0.717, 1.165) is 19.5 Å². The minimum absolute atomic E-state index is 0.0102. The van der Waals surface area contributed by atoms with Crippen molar-refractivity contribution in [1.29, 1.82) is 0 Å². The van der Waals surface area contributed by atoms with E-state index in [0.29, 0.717) is 54.3 Å². The summed E-state index contributed by atoms with van der Waals surface area (Å²) in [5.74, 6) is 1.85. The Morgan fingerprint density at radius 2 is 2.08 bits per heavy atom. The molecule has 0 spiro atoms. The summed E-state index contributed by atoms with van der Waals surface area (Å²) in [6, 6.07) is 5.22. The molecule has 0 bridgehead atoms. The van der Waals surface area contributed by atoms with Crippen LogP contribution in [0.4, 0.5) is 0 Å². The lowest BCUT2D eigenvalue weighted by atomic mass is 10.1. The Kier molecular flexibility index (Phi) is 6.11. The summed E-state index contributed by atoms with van der Waals surface area (Å²) in [7, 11) is 0. The van der Waals surface area contributed by atoms with Crippen LogP contribution in [0.2, 0.25) is 5.02 Å². The van der Waals surface area contributed by atoms with Gasteiger partial charge in [-0.2, -0.15) is 4.98 Å². The molecule has 1 aliphatic heterocycles. The molecule has 1 amide bonds. The van der Waals surface area contributed by atoms with Crippen molar-refractivity contribution in [2.24, 2.45) is 0 Å². The van der Waals surface area contributed by atoms with Crippen molar-refractivity contribution in [1.82, 2.24) is 19.9 Å². The van der Waals surface area contributed by atoms with E-state index in [-0.39, 0.29) is 5.91 Å². The summed E-state index contributed by atoms with van der Waals surface area (Å²) < 4.78 is 10.5. The summed E-state index contributed by atoms with van der Waals surface area (Å²) in [5.41, 5.74) is 0.584. The lowest BCUT2D eigenvalue weighted by Gasteiger charge is -2.34. The normalized spacial score (nSPS) is 15.3. The first-order valence-corrected chi connectivity index (χ1v) is 9.17. The van der Waals surface area contributed by atoms with Gasteiger partial charge in [0.25, 0.3) is 5.91 Å². The Balaban J connectivity index is 1.55. The molecule has 3 rings (SSSR count). The van der Waals surface area contributed by atoms with Gasteiger partial charge in [-0.3, -0.25) is 9.69 Å². The number of hydrogen-bond acceptors (Lipinski definition) is 6. The third kappa shape index (κ3) is 4.53. The largest absolute Gasteiger partial charge is 0.492 e. The fourth-order valence-electron chi connectivity index (χ4n) is 2.86. The summed E-state index contributed by atoms with van der Waals surface area (Å²) in [6.07, 6.45) is 0.907. The predicted molar refractivity (Wildman–Crippen MR) is 97.5 cm³/mol. The van der Waals surface area contributed by atoms with Crippen LogP contribution in [0.15, 0.2) is 22.7 Å². The Morgan fingerprint density at radius 1 is 1.31 bits per heavy atom. The van der Waals surface area contributed by atoms with Gasteiger partial charge in [-0.1, -0.05) is 23.7 Å². The van der Waals surface area contributed by atoms with Crippen LogP contribution in [0.1, 0.15) is 35.4 Å². The van der Waals surface area contributed by atoms with Crippen LogP contribution in [-0.4, -0.2) is 58.6 Å². The van der Waals surface area contributed by atoms with Crippen LogP contribution in [0.25, 0.3) is 0 Å². The van der Waals surface area contributed by atoms with Gasteiger partial charge < -0.3 is 14.2 Å². The predicted octanol–water partition coefficient (Wildman–Crippen LogP) is 2.78. The SMILES string of the molecule is CCCOc1ccc(C(=O)N2CCN(Cc3noc(C)n3)CC2)cc1Cl. The first-order valence-electron chi connectivity index (χ1n) is 8.80. The van der Waals surface area contributed by atoms with Crippen LogP contribution >= 0.6 is 11.6 Å². The van der Waals surface area contributed by atoms with Crippen LogP contribution < -0.4 is 4.74 Å². The van der Waals surface area contributed by atoms with E-state index in [1.54, 1.807) is 25.1 Å². The van der Waals surface area contributed by atoms with Crippen molar-refractivity contribution in [2.45, 2.75) is 26.8 Å². The molecule has 7 nitrogen and oxygen atoms in total. The quantitative estimate of drug-likeness (QED) is 0.769. The topological polar surface area (TPSA) is 71.7 Å². The maximum Gasteiger partial charge on any atom is 0.253 e. The molecule has 1 aromatic heterocycles. The standard InChI is InChI=1S/C18H23ClN4O3/c1-3-10-25-16-5-4-14(11-15(16)19)18(24)23-8-6-22(7-9-23)12-17-20-13(2)26-21-17/h4-5,11H,3,6-10,12H2,1-2H3. The molecule has 0 radical (unpaired) electrons. The average molecular weight is 379 g/mol. The maximum atomic E-state index is 12.7. The van der Waals surface area contributed by atoms with Crippen molar-refractivity contribution in [3.8, 4) is 5.75 Å². The smallest absolute Gasteiger partial charge is 0.253 e. The highest BCUT2D eigenvalue weighted by Gasteiger charge is 2.23. The van der Waals surface area contributed by atoms with Crippen molar-refractivity contribution in [3.05, 3.63) is 40.5 Å². The number of aryl methyl sites for hydroxylation is 1. The molecule has 0 atom stereocenters. The Morgan fingerprint density at radius 3 is 2.69 bits per heavy atom. The summed E-state index contributed by atoms with van der Waals surface area (Å²) >= 11 is 6.24. The highest BCUT2D eigenvalue weighted by molar-refractivity contribution is 6.32. The number of piperazine rings is 1. The number of rotatable bonds is 6. The molecule has 2 aromatic rings. The number of aromatic nitrogens is 2. The molecule has 1 fully saturated rings. The Labute approximate surface area is 157 Å². The molecule has 8 heteroatoms. The molecule has 0 N–H and O–H groups in total. The molecular weight excluding hydrogens is 356 g/mol. The number of amides is 1. The van der Waals surface area contributed by atoms with Crippen LogP contribution in [0.3, 0.4) is 0 Å². The fourth-order valence-corrected chi connectivity index (χ4v) is 3.10. The molecule has 1 saturated heterocycles. The van der Waals surface area contributed by atoms with E-state index in [1.807, 2.05) is 11.8 Å². The van der Waals surface area contributed by atoms with Gasteiger partial charge >= 0.3 is 0 Å². The van der Waals surface area contributed by atoms with E-state index in [9.17, 15) is 4.79 Å². The fraction of sp³-hybridized carbons (Fsp3) is 0.500.